The fraction of sp³-hybridized carbons (Fsp3) is 0.576. The number of hydrogen-bond donors (Lipinski definition) is 1. The average Bonchev–Trinajstić information content (AvgIpc) is 3.03. The quantitative estimate of drug-likeness (QED) is 0.391. The second kappa shape index (κ2) is 8.49. The fourth-order valence-electron chi connectivity index (χ4n) is 7.71. The molecule has 224 valence electrons. The zero-order valence-corrected chi connectivity index (χ0v) is 25.4. The minimum absolute atomic E-state index is 0.0158. The van der Waals surface area contributed by atoms with Crippen molar-refractivity contribution in [3.8, 4) is 0 Å². The van der Waals surface area contributed by atoms with E-state index in [-0.39, 0.29) is 36.2 Å². The molecule has 42 heavy (non-hydrogen) atoms. The topological polar surface area (TPSA) is 125 Å². The first-order valence-corrected chi connectivity index (χ1v) is 14.5. The molecule has 0 aromatic rings. The van der Waals surface area contributed by atoms with Crippen LogP contribution in [-0.4, -0.2) is 62.2 Å². The summed E-state index contributed by atoms with van der Waals surface area (Å²) in [6, 6.07) is 0. The van der Waals surface area contributed by atoms with Crippen molar-refractivity contribution in [2.24, 2.45) is 11.8 Å². The van der Waals surface area contributed by atoms with Gasteiger partial charge in [0.2, 0.25) is 5.78 Å². The first-order chi connectivity index (χ1) is 19.4. The molecule has 2 saturated heterocycles. The van der Waals surface area contributed by atoms with Crippen LogP contribution in [0, 0.1) is 11.8 Å². The highest BCUT2D eigenvalue weighted by atomic mass is 16.8. The van der Waals surface area contributed by atoms with Gasteiger partial charge in [0.1, 0.15) is 16.8 Å². The van der Waals surface area contributed by atoms with Crippen LogP contribution in [0.5, 0.6) is 0 Å². The van der Waals surface area contributed by atoms with Gasteiger partial charge >= 0.3 is 5.97 Å². The number of carbonyl (C=O) groups is 4. The molecule has 1 saturated carbocycles. The molecule has 0 aromatic carbocycles. The lowest BCUT2D eigenvalue weighted by molar-refractivity contribution is -0.320. The van der Waals surface area contributed by atoms with Crippen molar-refractivity contribution in [3.05, 3.63) is 58.4 Å². The van der Waals surface area contributed by atoms with Gasteiger partial charge in [0.25, 0.3) is 11.6 Å². The Hall–Kier alpha value is -3.14. The van der Waals surface area contributed by atoms with Gasteiger partial charge in [0.15, 0.2) is 17.1 Å². The Morgan fingerprint density at radius 3 is 2.29 bits per heavy atom. The Kier molecular flexibility index (Phi) is 5.85. The summed E-state index contributed by atoms with van der Waals surface area (Å²) < 4.78 is 25.6. The highest BCUT2D eigenvalue weighted by Gasteiger charge is 2.86. The van der Waals surface area contributed by atoms with E-state index in [1.54, 1.807) is 52.0 Å². The van der Waals surface area contributed by atoms with Gasteiger partial charge in [-0.2, -0.15) is 0 Å². The molecule has 7 rings (SSSR count). The van der Waals surface area contributed by atoms with Gasteiger partial charge in [0, 0.05) is 12.3 Å². The standard InChI is InChI=1S/C33H38O9/c1-17(2)9-10-20-23(34)19-12-13-28(5,6)39-24(19)25(35)33(20)40-26(36)21-15-30(38)16-22-29(7,8)41-31(27(30)37,14-11-18(3)4)32(21,22)42-33/h9,11-13,15,20,22,38H,10,14,16H2,1-8H3/t20-,22+,30+,31?,32+,33-/m1/s1. The summed E-state index contributed by atoms with van der Waals surface area (Å²) in [6.07, 6.45) is 8.02. The molecule has 4 aliphatic carbocycles. The fourth-order valence-corrected chi connectivity index (χ4v) is 7.71. The minimum Gasteiger partial charge on any atom is -0.479 e. The number of Topliss-reactive ketones (excluding diaryl/α,β-unsaturated/α-hetero) is 3. The number of hydrogen-bond acceptors (Lipinski definition) is 9. The molecule has 9 heteroatoms. The van der Waals surface area contributed by atoms with E-state index in [9.17, 15) is 24.3 Å². The maximum Gasteiger partial charge on any atom is 0.339 e. The van der Waals surface area contributed by atoms with Crippen LogP contribution in [0.2, 0.25) is 0 Å². The third kappa shape index (κ3) is 3.47. The molecular formula is C33H38O9. The number of rotatable bonds is 4. The number of aliphatic hydroxyl groups is 1. The molecule has 1 N–H and O–H groups in total. The van der Waals surface area contributed by atoms with Crippen molar-refractivity contribution in [1.82, 2.24) is 0 Å². The van der Waals surface area contributed by atoms with E-state index in [0.29, 0.717) is 0 Å². The van der Waals surface area contributed by atoms with Gasteiger partial charge in [-0.25, -0.2) is 4.79 Å². The summed E-state index contributed by atoms with van der Waals surface area (Å²) in [7, 11) is 0. The van der Waals surface area contributed by atoms with Gasteiger partial charge in [-0.1, -0.05) is 23.3 Å². The number of esters is 1. The van der Waals surface area contributed by atoms with Gasteiger partial charge in [-0.15, -0.1) is 0 Å². The number of carbonyl (C=O) groups excluding carboxylic acids is 4. The van der Waals surface area contributed by atoms with Crippen LogP contribution in [0.25, 0.3) is 0 Å². The molecule has 0 radical (unpaired) electrons. The van der Waals surface area contributed by atoms with Gasteiger partial charge < -0.3 is 24.1 Å². The predicted octanol–water partition coefficient (Wildman–Crippen LogP) is 3.90. The molecule has 7 aliphatic rings. The Labute approximate surface area is 245 Å². The molecular weight excluding hydrogens is 540 g/mol. The normalized spacial score (nSPS) is 40.3. The third-order valence-electron chi connectivity index (χ3n) is 9.59. The van der Waals surface area contributed by atoms with Crippen molar-refractivity contribution < 1.29 is 43.2 Å². The summed E-state index contributed by atoms with van der Waals surface area (Å²) >= 11 is 0. The Balaban J connectivity index is 1.63. The average molecular weight is 579 g/mol. The summed E-state index contributed by atoms with van der Waals surface area (Å²) in [5.74, 6) is -7.49. The summed E-state index contributed by atoms with van der Waals surface area (Å²) in [6.45, 7) is 14.5. The first-order valence-electron chi connectivity index (χ1n) is 14.5. The lowest BCUT2D eigenvalue weighted by Gasteiger charge is -2.61. The minimum atomic E-state index is -2.43. The van der Waals surface area contributed by atoms with Crippen molar-refractivity contribution in [2.45, 2.75) is 108 Å². The molecule has 0 aromatic heterocycles. The van der Waals surface area contributed by atoms with Crippen molar-refractivity contribution >= 4 is 23.3 Å². The van der Waals surface area contributed by atoms with Crippen LogP contribution in [0.3, 0.4) is 0 Å². The zero-order valence-electron chi connectivity index (χ0n) is 25.4. The summed E-state index contributed by atoms with van der Waals surface area (Å²) in [4.78, 5) is 57.3. The smallest absolute Gasteiger partial charge is 0.339 e. The number of allylic oxidation sites excluding steroid dienone is 5. The monoisotopic (exact) mass is 578 g/mol. The number of ketones is 3. The van der Waals surface area contributed by atoms with E-state index in [1.807, 2.05) is 27.7 Å². The van der Waals surface area contributed by atoms with Crippen LogP contribution in [0.1, 0.15) is 74.7 Å². The molecule has 6 atom stereocenters. The van der Waals surface area contributed by atoms with Crippen LogP contribution >= 0.6 is 0 Å². The highest BCUT2D eigenvalue weighted by molar-refractivity contribution is 6.19. The van der Waals surface area contributed by atoms with Crippen LogP contribution in [0.15, 0.2) is 58.4 Å². The van der Waals surface area contributed by atoms with Gasteiger partial charge in [-0.05, 0) is 86.5 Å². The van der Waals surface area contributed by atoms with E-state index >= 15 is 0 Å². The van der Waals surface area contributed by atoms with E-state index in [1.165, 1.54) is 6.08 Å². The van der Waals surface area contributed by atoms with Gasteiger partial charge in [-0.3, -0.25) is 14.4 Å². The largest absolute Gasteiger partial charge is 0.479 e. The molecule has 9 nitrogen and oxygen atoms in total. The lowest BCUT2D eigenvalue weighted by Crippen LogP contribution is -2.80. The van der Waals surface area contributed by atoms with E-state index in [0.717, 1.165) is 11.1 Å². The maximum atomic E-state index is 14.6. The molecule has 0 amide bonds. The second-order valence-electron chi connectivity index (χ2n) is 14.0. The predicted molar refractivity (Wildman–Crippen MR) is 150 cm³/mol. The van der Waals surface area contributed by atoms with Crippen molar-refractivity contribution in [1.29, 1.82) is 0 Å². The van der Waals surface area contributed by atoms with Crippen molar-refractivity contribution in [2.75, 3.05) is 0 Å². The van der Waals surface area contributed by atoms with E-state index < -0.39 is 68.9 Å². The second-order valence-corrected chi connectivity index (χ2v) is 14.0. The molecule has 2 spiro atoms. The summed E-state index contributed by atoms with van der Waals surface area (Å²) in [5, 5.41) is 11.6. The van der Waals surface area contributed by atoms with Crippen LogP contribution in [-0.2, 0) is 38.1 Å². The van der Waals surface area contributed by atoms with E-state index in [2.05, 4.69) is 0 Å². The van der Waals surface area contributed by atoms with Crippen LogP contribution < -0.4 is 0 Å². The maximum absolute atomic E-state index is 14.6. The number of ether oxygens (including phenoxy) is 4. The molecule has 3 heterocycles. The molecule has 4 bridgehead atoms. The first kappa shape index (κ1) is 29.0. The lowest BCUT2D eigenvalue weighted by atomic mass is 9.50. The Morgan fingerprint density at radius 1 is 0.976 bits per heavy atom. The Bertz CT molecular complexity index is 1510. The van der Waals surface area contributed by atoms with E-state index in [4.69, 9.17) is 18.9 Å². The molecule has 3 aliphatic heterocycles. The molecule has 3 fully saturated rings. The van der Waals surface area contributed by atoms with Gasteiger partial charge in [0.05, 0.1) is 22.7 Å². The Morgan fingerprint density at radius 2 is 1.64 bits per heavy atom. The zero-order chi connectivity index (χ0) is 30.8. The third-order valence-corrected chi connectivity index (χ3v) is 9.59. The molecule has 1 unspecified atom stereocenters. The summed E-state index contributed by atoms with van der Waals surface area (Å²) in [5.41, 5.74) is -5.81. The SMILES string of the molecule is CC(C)=CC[C@@H]1C(=O)C2=C(OC(C)(C)C=C2)C(=O)[C@@]12OC(=O)C1=C[C@]3(O)C[C@H]4C(C)(C)OC(CC=C(C)C)(C3=O)[C@]14O2. The van der Waals surface area contributed by atoms with Crippen molar-refractivity contribution in [3.63, 3.8) is 0 Å². The van der Waals surface area contributed by atoms with Crippen LogP contribution in [0.4, 0.5) is 0 Å². The highest BCUT2D eigenvalue weighted by Crippen LogP contribution is 2.69.